The van der Waals surface area contributed by atoms with Crippen LogP contribution >= 0.6 is 23.5 Å². The standard InChI is InChI=1S/C22H31NOS2/c1-19-9-10-22(25-11-12-26-22)13-15(19)3-4-16-17(19)5-7-20(2)18(16)6-8-21(20,24)14-23/h13,16-18,24H,3-12H2,1-2H3/t16?,17?,18?,19-,20-,21-/m0/s1. The van der Waals surface area contributed by atoms with E-state index in [1.54, 1.807) is 5.57 Å². The van der Waals surface area contributed by atoms with E-state index in [0.29, 0.717) is 27.8 Å². The Labute approximate surface area is 166 Å². The number of allylic oxidation sites excluding steroid dienone is 1. The molecule has 1 spiro atoms. The van der Waals surface area contributed by atoms with Gasteiger partial charge in [-0.25, -0.2) is 0 Å². The first-order chi connectivity index (χ1) is 12.4. The molecule has 6 atom stereocenters. The Morgan fingerprint density at radius 1 is 1.04 bits per heavy atom. The van der Waals surface area contributed by atoms with Crippen molar-refractivity contribution >= 4 is 23.5 Å². The summed E-state index contributed by atoms with van der Waals surface area (Å²) in [5, 5.41) is 20.7. The first-order valence-electron chi connectivity index (χ1n) is 10.5. The number of aliphatic hydroxyl groups is 1. The Morgan fingerprint density at radius 3 is 2.50 bits per heavy atom. The zero-order chi connectivity index (χ0) is 18.2. The van der Waals surface area contributed by atoms with Crippen LogP contribution in [0.4, 0.5) is 0 Å². The molecule has 26 heavy (non-hydrogen) atoms. The molecule has 0 radical (unpaired) electrons. The van der Waals surface area contributed by atoms with Crippen molar-refractivity contribution < 1.29 is 5.11 Å². The highest BCUT2D eigenvalue weighted by atomic mass is 32.2. The minimum atomic E-state index is -1.09. The first-order valence-corrected chi connectivity index (χ1v) is 12.5. The summed E-state index contributed by atoms with van der Waals surface area (Å²) in [6.45, 7) is 4.78. The molecule has 3 unspecified atom stereocenters. The van der Waals surface area contributed by atoms with Crippen LogP contribution in [0.1, 0.15) is 65.2 Å². The number of thioether (sulfide) groups is 2. The molecule has 0 amide bonds. The predicted octanol–water partition coefficient (Wildman–Crippen LogP) is 5.38. The lowest BCUT2D eigenvalue weighted by atomic mass is 9.46. The van der Waals surface area contributed by atoms with Crippen molar-refractivity contribution in [3.05, 3.63) is 11.6 Å². The maximum atomic E-state index is 11.0. The van der Waals surface area contributed by atoms with Gasteiger partial charge in [-0.3, -0.25) is 0 Å². The number of nitrogens with zero attached hydrogens (tertiary/aromatic N) is 1. The Bertz CT molecular complexity index is 693. The summed E-state index contributed by atoms with van der Waals surface area (Å²) in [6.07, 6.45) is 11.8. The molecule has 2 nitrogen and oxygen atoms in total. The summed E-state index contributed by atoms with van der Waals surface area (Å²) in [6, 6.07) is 2.31. The van der Waals surface area contributed by atoms with Crippen molar-refractivity contribution in [2.24, 2.45) is 28.6 Å². The van der Waals surface area contributed by atoms with Gasteiger partial charge in [0, 0.05) is 16.9 Å². The van der Waals surface area contributed by atoms with E-state index in [4.69, 9.17) is 0 Å². The molecule has 5 aliphatic rings. The van der Waals surface area contributed by atoms with Crippen LogP contribution in [-0.2, 0) is 0 Å². The minimum Gasteiger partial charge on any atom is -0.375 e. The third-order valence-corrected chi connectivity index (χ3v) is 12.6. The van der Waals surface area contributed by atoms with Crippen molar-refractivity contribution in [3.8, 4) is 6.07 Å². The van der Waals surface area contributed by atoms with E-state index in [-0.39, 0.29) is 5.41 Å². The number of nitriles is 1. The van der Waals surface area contributed by atoms with Crippen molar-refractivity contribution in [1.82, 2.24) is 0 Å². The van der Waals surface area contributed by atoms with Crippen LogP contribution in [0.3, 0.4) is 0 Å². The second-order valence-corrected chi connectivity index (χ2v) is 13.1. The molecule has 5 rings (SSSR count). The van der Waals surface area contributed by atoms with E-state index in [2.05, 4.69) is 49.5 Å². The largest absolute Gasteiger partial charge is 0.375 e. The van der Waals surface area contributed by atoms with Gasteiger partial charge in [-0.2, -0.15) is 5.26 Å². The molecule has 0 aromatic carbocycles. The van der Waals surface area contributed by atoms with Crippen LogP contribution in [0, 0.1) is 39.9 Å². The summed E-state index contributed by atoms with van der Waals surface area (Å²) < 4.78 is 0.388. The van der Waals surface area contributed by atoms with Crippen LogP contribution < -0.4 is 0 Å². The van der Waals surface area contributed by atoms with Gasteiger partial charge in [0.1, 0.15) is 0 Å². The second kappa shape index (κ2) is 5.71. The average molecular weight is 390 g/mol. The van der Waals surface area contributed by atoms with Gasteiger partial charge in [-0.15, -0.1) is 23.5 Å². The van der Waals surface area contributed by atoms with E-state index < -0.39 is 5.60 Å². The molecule has 1 saturated heterocycles. The van der Waals surface area contributed by atoms with Crippen LogP contribution in [0.25, 0.3) is 0 Å². The smallest absolute Gasteiger partial charge is 0.156 e. The molecule has 1 heterocycles. The molecule has 0 aromatic rings. The fraction of sp³-hybridized carbons (Fsp3) is 0.864. The Kier molecular flexibility index (Phi) is 3.94. The number of rotatable bonds is 0. The van der Waals surface area contributed by atoms with E-state index in [9.17, 15) is 10.4 Å². The molecule has 4 aliphatic carbocycles. The van der Waals surface area contributed by atoms with Crippen LogP contribution in [0.2, 0.25) is 0 Å². The fourth-order valence-corrected chi connectivity index (χ4v) is 10.7. The molecule has 1 N–H and O–H groups in total. The van der Waals surface area contributed by atoms with E-state index >= 15 is 0 Å². The molecule has 142 valence electrons. The van der Waals surface area contributed by atoms with Gasteiger partial charge >= 0.3 is 0 Å². The summed E-state index contributed by atoms with van der Waals surface area (Å²) in [5.41, 5.74) is 0.845. The van der Waals surface area contributed by atoms with Crippen LogP contribution in [0.15, 0.2) is 11.6 Å². The molecule has 0 bridgehead atoms. The van der Waals surface area contributed by atoms with Crippen molar-refractivity contribution in [2.45, 2.75) is 74.9 Å². The maximum Gasteiger partial charge on any atom is 0.156 e. The van der Waals surface area contributed by atoms with Crippen LogP contribution in [-0.4, -0.2) is 26.3 Å². The monoisotopic (exact) mass is 389 g/mol. The van der Waals surface area contributed by atoms with Gasteiger partial charge in [0.2, 0.25) is 0 Å². The minimum absolute atomic E-state index is 0.187. The van der Waals surface area contributed by atoms with Gasteiger partial charge in [-0.1, -0.05) is 25.5 Å². The Balaban J connectivity index is 1.47. The molecule has 0 aromatic heterocycles. The van der Waals surface area contributed by atoms with Gasteiger partial charge < -0.3 is 5.11 Å². The molecular weight excluding hydrogens is 358 g/mol. The summed E-state index contributed by atoms with van der Waals surface area (Å²) in [4.78, 5) is 0. The van der Waals surface area contributed by atoms with Crippen molar-refractivity contribution in [1.29, 1.82) is 5.26 Å². The number of fused-ring (bicyclic) bond motifs is 5. The third kappa shape index (κ3) is 2.17. The highest BCUT2D eigenvalue weighted by Gasteiger charge is 2.64. The summed E-state index contributed by atoms with van der Waals surface area (Å²) >= 11 is 4.37. The number of hydrogen-bond acceptors (Lipinski definition) is 4. The lowest BCUT2D eigenvalue weighted by Gasteiger charge is -2.59. The Morgan fingerprint density at radius 2 is 1.77 bits per heavy atom. The quantitative estimate of drug-likeness (QED) is 0.446. The van der Waals surface area contributed by atoms with Gasteiger partial charge in [-0.05, 0) is 74.5 Å². The van der Waals surface area contributed by atoms with Crippen molar-refractivity contribution in [3.63, 3.8) is 0 Å². The maximum absolute atomic E-state index is 11.0. The molecule has 1 aliphatic heterocycles. The van der Waals surface area contributed by atoms with Gasteiger partial charge in [0.15, 0.2) is 5.60 Å². The van der Waals surface area contributed by atoms with Crippen LogP contribution in [0.5, 0.6) is 0 Å². The predicted molar refractivity (Wildman–Crippen MR) is 110 cm³/mol. The fourth-order valence-electron chi connectivity index (χ4n) is 7.58. The lowest BCUT2D eigenvalue weighted by molar-refractivity contribution is -0.100. The Hall–Kier alpha value is -0.110. The highest BCUT2D eigenvalue weighted by molar-refractivity contribution is 8.21. The highest BCUT2D eigenvalue weighted by Crippen LogP contribution is 2.69. The lowest BCUT2D eigenvalue weighted by Crippen LogP contribution is -2.54. The molecule has 4 heteroatoms. The topological polar surface area (TPSA) is 44.0 Å². The second-order valence-electron chi connectivity index (χ2n) is 9.98. The van der Waals surface area contributed by atoms with Gasteiger partial charge in [0.05, 0.1) is 10.1 Å². The van der Waals surface area contributed by atoms with E-state index in [0.717, 1.165) is 18.8 Å². The van der Waals surface area contributed by atoms with E-state index in [1.807, 2.05) is 0 Å². The average Bonchev–Trinajstić information content (AvgIpc) is 3.19. The van der Waals surface area contributed by atoms with Crippen molar-refractivity contribution in [2.75, 3.05) is 11.5 Å². The number of hydrogen-bond donors (Lipinski definition) is 1. The first kappa shape index (κ1) is 18.0. The summed E-state index contributed by atoms with van der Waals surface area (Å²) in [5.74, 6) is 4.62. The SMILES string of the molecule is C[C@]12CCC3(C=C1CCC1C2CC[C@@]2(C)C1CC[C@]2(O)C#N)SCCS3. The zero-order valence-electron chi connectivity index (χ0n) is 16.1. The van der Waals surface area contributed by atoms with E-state index in [1.165, 1.54) is 43.6 Å². The zero-order valence-corrected chi connectivity index (χ0v) is 17.7. The molecule has 3 saturated carbocycles. The molecular formula is C22H31NOS2. The molecule has 4 fully saturated rings. The van der Waals surface area contributed by atoms with Gasteiger partial charge in [0.25, 0.3) is 0 Å². The third-order valence-electron chi connectivity index (χ3n) is 9.24. The summed E-state index contributed by atoms with van der Waals surface area (Å²) in [7, 11) is 0. The normalized spacial score (nSPS) is 51.9.